The molecule has 188 valence electrons. The van der Waals surface area contributed by atoms with E-state index in [0.717, 1.165) is 0 Å². The number of halogens is 1. The van der Waals surface area contributed by atoms with E-state index in [2.05, 4.69) is 19.7 Å². The summed E-state index contributed by atoms with van der Waals surface area (Å²) in [6, 6.07) is 15.4. The summed E-state index contributed by atoms with van der Waals surface area (Å²) >= 11 is 0. The van der Waals surface area contributed by atoms with Crippen molar-refractivity contribution < 1.29 is 33.0 Å². The fourth-order valence-corrected chi connectivity index (χ4v) is 3.07. The zero-order valence-electron chi connectivity index (χ0n) is 20.7. The Morgan fingerprint density at radius 3 is 1.43 bits per heavy atom. The molecule has 0 aromatic heterocycles. The van der Waals surface area contributed by atoms with Crippen LogP contribution in [0.3, 0.4) is 0 Å². The Morgan fingerprint density at radius 1 is 0.568 bits per heavy atom. The Kier molecular flexibility index (Phi) is 8.19. The molecule has 0 aliphatic carbocycles. The number of hydrogen-bond acceptors (Lipinski definition) is 6. The third kappa shape index (κ3) is 6.89. The lowest BCUT2D eigenvalue weighted by molar-refractivity contribution is -0.131. The molecule has 0 saturated heterocycles. The van der Waals surface area contributed by atoms with E-state index in [9.17, 15) is 14.4 Å². The number of carbonyl (C=O) groups excluding carboxylic acids is 3. The maximum Gasteiger partial charge on any atom is 0.338 e. The van der Waals surface area contributed by atoms with Crippen molar-refractivity contribution in [3.63, 3.8) is 0 Å². The van der Waals surface area contributed by atoms with Crippen molar-refractivity contribution in [2.45, 2.75) is 20.8 Å². The fraction of sp³-hybridized carbons (Fsp3) is 0.100. The van der Waals surface area contributed by atoms with Crippen LogP contribution in [0.2, 0.25) is 0 Å². The first-order valence-electron chi connectivity index (χ1n) is 11.1. The molecule has 0 fully saturated rings. The predicted molar refractivity (Wildman–Crippen MR) is 139 cm³/mol. The molecule has 3 rings (SSSR count). The van der Waals surface area contributed by atoms with Crippen LogP contribution in [0.5, 0.6) is 17.2 Å². The van der Waals surface area contributed by atoms with Crippen molar-refractivity contribution in [2.75, 3.05) is 0 Å². The van der Waals surface area contributed by atoms with Gasteiger partial charge in [0, 0.05) is 28.3 Å². The minimum Gasteiger partial charge on any atom is -0.423 e. The Bertz CT molecular complexity index is 1390. The molecule has 0 amide bonds. The van der Waals surface area contributed by atoms with Gasteiger partial charge in [-0.05, 0) is 67.8 Å². The maximum atomic E-state index is 15.2. The van der Waals surface area contributed by atoms with Crippen LogP contribution in [0.1, 0.15) is 20.8 Å². The van der Waals surface area contributed by atoms with Crippen molar-refractivity contribution in [3.8, 4) is 39.5 Å². The van der Waals surface area contributed by atoms with Gasteiger partial charge in [-0.3, -0.25) is 0 Å². The van der Waals surface area contributed by atoms with Crippen LogP contribution < -0.4 is 14.2 Å². The van der Waals surface area contributed by atoms with Crippen molar-refractivity contribution in [3.05, 3.63) is 103 Å². The highest BCUT2D eigenvalue weighted by Crippen LogP contribution is 2.34. The molecule has 0 saturated carbocycles. The topological polar surface area (TPSA) is 78.9 Å². The maximum absolute atomic E-state index is 15.2. The number of rotatable bonds is 8. The SMILES string of the molecule is C=C(C)C(=O)Oc1ccc(-c2ccc(-c3cc(OC(=O)C(=C)C)cc(OC(=O)C(=C)C)c3)cc2F)cc1. The Morgan fingerprint density at radius 2 is 1.00 bits per heavy atom. The summed E-state index contributed by atoms with van der Waals surface area (Å²) in [6.07, 6.45) is 0. The lowest BCUT2D eigenvalue weighted by Crippen LogP contribution is -2.10. The van der Waals surface area contributed by atoms with Gasteiger partial charge in [0.25, 0.3) is 0 Å². The van der Waals surface area contributed by atoms with Gasteiger partial charge in [0.15, 0.2) is 0 Å². The molecule has 0 bridgehead atoms. The quantitative estimate of drug-likeness (QED) is 0.197. The van der Waals surface area contributed by atoms with Crippen LogP contribution in [-0.4, -0.2) is 17.9 Å². The second-order valence-electron chi connectivity index (χ2n) is 8.42. The zero-order chi connectivity index (χ0) is 27.3. The molecule has 0 heterocycles. The standard InChI is InChI=1S/C30H25FO6/c1-17(2)28(32)35-23-10-7-20(8-11-23)26-12-9-21(15-27(26)31)22-13-24(36-29(33)18(3)4)16-25(14-22)37-30(34)19(5)6/h7-16H,1,3,5H2,2,4,6H3. The molecule has 0 unspecified atom stereocenters. The van der Waals surface area contributed by atoms with Crippen molar-refractivity contribution in [1.82, 2.24) is 0 Å². The van der Waals surface area contributed by atoms with Gasteiger partial charge in [-0.1, -0.05) is 44.0 Å². The van der Waals surface area contributed by atoms with E-state index < -0.39 is 23.7 Å². The van der Waals surface area contributed by atoms with Gasteiger partial charge in [-0.2, -0.15) is 0 Å². The minimum atomic E-state index is -0.659. The summed E-state index contributed by atoms with van der Waals surface area (Å²) in [4.78, 5) is 35.8. The van der Waals surface area contributed by atoms with Crippen molar-refractivity contribution >= 4 is 17.9 Å². The normalized spacial score (nSPS) is 10.3. The smallest absolute Gasteiger partial charge is 0.338 e. The van der Waals surface area contributed by atoms with Gasteiger partial charge in [0.05, 0.1) is 0 Å². The molecule has 0 radical (unpaired) electrons. The van der Waals surface area contributed by atoms with E-state index in [0.29, 0.717) is 28.0 Å². The van der Waals surface area contributed by atoms with Crippen LogP contribution in [0, 0.1) is 5.82 Å². The summed E-state index contributed by atoms with van der Waals surface area (Å²) in [5, 5.41) is 0. The summed E-state index contributed by atoms with van der Waals surface area (Å²) in [5.74, 6) is -1.88. The van der Waals surface area contributed by atoms with E-state index in [1.54, 1.807) is 43.3 Å². The number of benzene rings is 3. The molecule has 0 aliphatic rings. The first-order chi connectivity index (χ1) is 17.4. The summed E-state index contributed by atoms with van der Waals surface area (Å²) in [6.45, 7) is 15.2. The van der Waals surface area contributed by atoms with Gasteiger partial charge in [0.2, 0.25) is 0 Å². The van der Waals surface area contributed by atoms with Gasteiger partial charge in [-0.25, -0.2) is 18.8 Å². The molecule has 3 aromatic carbocycles. The third-order valence-corrected chi connectivity index (χ3v) is 5.02. The highest BCUT2D eigenvalue weighted by molar-refractivity contribution is 5.90. The summed E-state index contributed by atoms with van der Waals surface area (Å²) < 4.78 is 31.0. The third-order valence-electron chi connectivity index (χ3n) is 5.02. The molecule has 37 heavy (non-hydrogen) atoms. The van der Waals surface area contributed by atoms with Crippen LogP contribution in [0.4, 0.5) is 4.39 Å². The second kappa shape index (κ2) is 11.3. The molecule has 6 nitrogen and oxygen atoms in total. The summed E-state index contributed by atoms with van der Waals surface area (Å²) in [5.41, 5.74) is 2.42. The van der Waals surface area contributed by atoms with E-state index in [4.69, 9.17) is 14.2 Å². The average Bonchev–Trinajstić information content (AvgIpc) is 2.84. The molecule has 0 N–H and O–H groups in total. The average molecular weight is 501 g/mol. The number of esters is 3. The van der Waals surface area contributed by atoms with Crippen LogP contribution in [0.25, 0.3) is 22.3 Å². The second-order valence-corrected chi connectivity index (χ2v) is 8.42. The van der Waals surface area contributed by atoms with Crippen molar-refractivity contribution in [2.24, 2.45) is 0 Å². The predicted octanol–water partition coefficient (Wildman–Crippen LogP) is 6.60. The Balaban J connectivity index is 1.94. The van der Waals surface area contributed by atoms with Gasteiger partial charge in [-0.15, -0.1) is 0 Å². The van der Waals surface area contributed by atoms with E-state index in [1.807, 2.05) is 0 Å². The lowest BCUT2D eigenvalue weighted by Gasteiger charge is -2.12. The van der Waals surface area contributed by atoms with E-state index >= 15 is 4.39 Å². The highest BCUT2D eigenvalue weighted by Gasteiger charge is 2.15. The Labute approximate surface area is 214 Å². The summed E-state index contributed by atoms with van der Waals surface area (Å²) in [7, 11) is 0. The number of ether oxygens (including phenoxy) is 3. The van der Waals surface area contributed by atoms with Crippen LogP contribution in [-0.2, 0) is 14.4 Å². The van der Waals surface area contributed by atoms with E-state index in [-0.39, 0.29) is 28.2 Å². The fourth-order valence-electron chi connectivity index (χ4n) is 3.07. The molecule has 0 aliphatic heterocycles. The molecule has 0 atom stereocenters. The van der Waals surface area contributed by atoms with Crippen LogP contribution in [0.15, 0.2) is 97.1 Å². The molecule has 7 heteroatoms. The monoisotopic (exact) mass is 500 g/mol. The first kappa shape index (κ1) is 26.8. The van der Waals surface area contributed by atoms with Crippen LogP contribution >= 0.6 is 0 Å². The van der Waals surface area contributed by atoms with Gasteiger partial charge >= 0.3 is 17.9 Å². The van der Waals surface area contributed by atoms with Gasteiger partial charge < -0.3 is 14.2 Å². The highest BCUT2D eigenvalue weighted by atomic mass is 19.1. The van der Waals surface area contributed by atoms with Gasteiger partial charge in [0.1, 0.15) is 23.1 Å². The largest absolute Gasteiger partial charge is 0.423 e. The number of hydrogen-bond donors (Lipinski definition) is 0. The first-order valence-corrected chi connectivity index (χ1v) is 11.1. The lowest BCUT2D eigenvalue weighted by atomic mass is 9.99. The zero-order valence-corrected chi connectivity index (χ0v) is 20.7. The molecule has 0 spiro atoms. The molecular weight excluding hydrogens is 475 g/mol. The minimum absolute atomic E-state index is 0.0967. The van der Waals surface area contributed by atoms with E-state index in [1.165, 1.54) is 38.1 Å². The van der Waals surface area contributed by atoms with Crippen molar-refractivity contribution in [1.29, 1.82) is 0 Å². The number of carbonyl (C=O) groups is 3. The molecular formula is C30H25FO6. The Hall–Kier alpha value is -4.78. The molecule has 3 aromatic rings.